The molecular weight excluding hydrogens is 324 g/mol. The number of hydrogen-bond acceptors (Lipinski definition) is 6. The van der Waals surface area contributed by atoms with Crippen LogP contribution in [0.1, 0.15) is 31.1 Å². The summed E-state index contributed by atoms with van der Waals surface area (Å²) in [6.45, 7) is 0. The number of imide groups is 1. The summed E-state index contributed by atoms with van der Waals surface area (Å²) in [5, 5.41) is 0.523. The van der Waals surface area contributed by atoms with E-state index >= 15 is 0 Å². The summed E-state index contributed by atoms with van der Waals surface area (Å²) in [6, 6.07) is 7.46. The van der Waals surface area contributed by atoms with Gasteiger partial charge in [0.2, 0.25) is 5.88 Å². The minimum Gasteiger partial charge on any atom is -0.480 e. The van der Waals surface area contributed by atoms with Crippen molar-refractivity contribution in [3.05, 3.63) is 58.2 Å². The minimum atomic E-state index is -0.934. The number of hydroxylamine groups is 2. The molecule has 1 aromatic carbocycles. The summed E-state index contributed by atoms with van der Waals surface area (Å²) < 4.78 is 4.88. The van der Waals surface area contributed by atoms with E-state index in [9.17, 15) is 14.4 Å². The van der Waals surface area contributed by atoms with E-state index in [-0.39, 0.29) is 27.6 Å². The van der Waals surface area contributed by atoms with Crippen LogP contribution in [-0.4, -0.2) is 34.9 Å². The lowest BCUT2D eigenvalue weighted by Gasteiger charge is -2.12. The first-order valence-electron chi connectivity index (χ1n) is 6.42. The molecule has 23 heavy (non-hydrogen) atoms. The third kappa shape index (κ3) is 2.51. The quantitative estimate of drug-likeness (QED) is 0.800. The Hall–Kier alpha value is -2.93. The Bertz CT molecular complexity index is 801. The van der Waals surface area contributed by atoms with Gasteiger partial charge in [-0.25, -0.2) is 9.78 Å². The number of aromatic nitrogens is 1. The smallest absolute Gasteiger partial charge is 0.365 e. The Morgan fingerprint density at radius 2 is 1.78 bits per heavy atom. The van der Waals surface area contributed by atoms with Gasteiger partial charge in [-0.05, 0) is 18.2 Å². The van der Waals surface area contributed by atoms with Gasteiger partial charge in [0.1, 0.15) is 5.02 Å². The van der Waals surface area contributed by atoms with Gasteiger partial charge in [0.05, 0.1) is 23.8 Å². The molecule has 0 radical (unpaired) electrons. The average Bonchev–Trinajstić information content (AvgIpc) is 2.80. The first-order chi connectivity index (χ1) is 11.0. The predicted octanol–water partition coefficient (Wildman–Crippen LogP) is 2.11. The second-order valence-electron chi connectivity index (χ2n) is 4.54. The maximum Gasteiger partial charge on any atom is 0.365 e. The number of benzene rings is 1. The van der Waals surface area contributed by atoms with Crippen LogP contribution in [-0.2, 0) is 4.84 Å². The molecule has 0 N–H and O–H groups in total. The van der Waals surface area contributed by atoms with Gasteiger partial charge in [0.15, 0.2) is 0 Å². The Kier molecular flexibility index (Phi) is 3.71. The molecule has 0 spiro atoms. The number of amides is 2. The zero-order valence-corrected chi connectivity index (χ0v) is 12.5. The lowest BCUT2D eigenvalue weighted by molar-refractivity contribution is -0.0584. The van der Waals surface area contributed by atoms with Crippen LogP contribution in [0.4, 0.5) is 0 Å². The van der Waals surface area contributed by atoms with Crippen LogP contribution < -0.4 is 4.74 Å². The Morgan fingerprint density at radius 3 is 2.30 bits per heavy atom. The lowest BCUT2D eigenvalue weighted by Crippen LogP contribution is -2.32. The van der Waals surface area contributed by atoms with E-state index in [1.165, 1.54) is 31.5 Å². The molecule has 0 saturated carbocycles. The summed E-state index contributed by atoms with van der Waals surface area (Å²) in [4.78, 5) is 45.0. The highest BCUT2D eigenvalue weighted by Gasteiger charge is 2.38. The van der Waals surface area contributed by atoms with Gasteiger partial charge in [0, 0.05) is 6.20 Å². The van der Waals surface area contributed by atoms with E-state index in [4.69, 9.17) is 21.2 Å². The van der Waals surface area contributed by atoms with Crippen molar-refractivity contribution in [3.8, 4) is 5.88 Å². The van der Waals surface area contributed by atoms with Gasteiger partial charge in [-0.3, -0.25) is 9.59 Å². The predicted molar refractivity (Wildman–Crippen MR) is 78.2 cm³/mol. The molecule has 0 saturated heterocycles. The molecule has 0 fully saturated rings. The SMILES string of the molecule is COc1ncc(C(=O)ON2C(=O)c3ccccc3C2=O)cc1Cl. The highest BCUT2D eigenvalue weighted by atomic mass is 35.5. The number of carbonyl (C=O) groups is 3. The Balaban J connectivity index is 1.83. The summed E-state index contributed by atoms with van der Waals surface area (Å²) >= 11 is 5.88. The lowest BCUT2D eigenvalue weighted by atomic mass is 10.1. The number of halogens is 1. The number of rotatable bonds is 3. The standard InChI is InChI=1S/C15H9ClN2O5/c1-22-12-11(16)6-8(7-17-12)15(21)23-18-13(19)9-4-2-3-5-10(9)14(18)20/h2-7H,1H3. The fraction of sp³-hybridized carbons (Fsp3) is 0.0667. The summed E-state index contributed by atoms with van der Waals surface area (Å²) in [7, 11) is 1.38. The molecule has 0 aliphatic carbocycles. The number of ether oxygens (including phenoxy) is 1. The van der Waals surface area contributed by atoms with E-state index < -0.39 is 17.8 Å². The Morgan fingerprint density at radius 1 is 1.17 bits per heavy atom. The molecule has 2 heterocycles. The van der Waals surface area contributed by atoms with Crippen LogP contribution in [0.3, 0.4) is 0 Å². The average molecular weight is 333 g/mol. The molecule has 0 unspecified atom stereocenters. The van der Waals surface area contributed by atoms with Gasteiger partial charge >= 0.3 is 5.97 Å². The van der Waals surface area contributed by atoms with E-state index in [0.717, 1.165) is 0 Å². The number of carbonyl (C=O) groups excluding carboxylic acids is 3. The van der Waals surface area contributed by atoms with E-state index in [0.29, 0.717) is 5.06 Å². The third-order valence-corrected chi connectivity index (χ3v) is 3.44. The molecule has 7 nitrogen and oxygen atoms in total. The van der Waals surface area contributed by atoms with Crippen LogP contribution in [0.25, 0.3) is 0 Å². The van der Waals surface area contributed by atoms with Gasteiger partial charge in [0.25, 0.3) is 11.8 Å². The van der Waals surface area contributed by atoms with Gasteiger partial charge in [-0.1, -0.05) is 28.8 Å². The second-order valence-corrected chi connectivity index (χ2v) is 4.95. The van der Waals surface area contributed by atoms with Crippen LogP contribution in [0.5, 0.6) is 5.88 Å². The zero-order valence-electron chi connectivity index (χ0n) is 11.8. The maximum absolute atomic E-state index is 12.1. The third-order valence-electron chi connectivity index (χ3n) is 3.17. The van der Waals surface area contributed by atoms with Crippen LogP contribution >= 0.6 is 11.6 Å². The highest BCUT2D eigenvalue weighted by molar-refractivity contribution is 6.32. The molecule has 1 aliphatic heterocycles. The fourth-order valence-corrected chi connectivity index (χ4v) is 2.32. The van der Waals surface area contributed by atoms with Crippen molar-refractivity contribution >= 4 is 29.4 Å². The monoisotopic (exact) mass is 332 g/mol. The van der Waals surface area contributed by atoms with Crippen molar-refractivity contribution in [2.45, 2.75) is 0 Å². The number of pyridine rings is 1. The number of fused-ring (bicyclic) bond motifs is 1. The molecular formula is C15H9ClN2O5. The summed E-state index contributed by atoms with van der Waals surface area (Å²) in [6.07, 6.45) is 1.17. The van der Waals surface area contributed by atoms with Crippen molar-refractivity contribution in [3.63, 3.8) is 0 Å². The topological polar surface area (TPSA) is 85.8 Å². The normalized spacial score (nSPS) is 13.0. The van der Waals surface area contributed by atoms with E-state index in [2.05, 4.69) is 4.98 Å². The number of methoxy groups -OCH3 is 1. The van der Waals surface area contributed by atoms with Crippen molar-refractivity contribution in [1.29, 1.82) is 0 Å². The molecule has 0 bridgehead atoms. The largest absolute Gasteiger partial charge is 0.480 e. The molecule has 1 aliphatic rings. The van der Waals surface area contributed by atoms with Crippen molar-refractivity contribution in [2.24, 2.45) is 0 Å². The maximum atomic E-state index is 12.1. The van der Waals surface area contributed by atoms with Gasteiger partial charge in [-0.2, -0.15) is 0 Å². The second kappa shape index (κ2) is 5.69. The van der Waals surface area contributed by atoms with Gasteiger partial charge < -0.3 is 9.57 Å². The van der Waals surface area contributed by atoms with Crippen molar-refractivity contribution in [1.82, 2.24) is 10.0 Å². The molecule has 3 rings (SSSR count). The number of nitrogens with zero attached hydrogens (tertiary/aromatic N) is 2. The molecule has 2 amide bonds. The van der Waals surface area contributed by atoms with E-state index in [1.54, 1.807) is 12.1 Å². The van der Waals surface area contributed by atoms with Crippen LogP contribution in [0.15, 0.2) is 36.5 Å². The summed E-state index contributed by atoms with van der Waals surface area (Å²) in [5.74, 6) is -2.20. The van der Waals surface area contributed by atoms with Crippen LogP contribution in [0, 0.1) is 0 Å². The first-order valence-corrected chi connectivity index (χ1v) is 6.80. The Labute approximate surface area is 135 Å². The number of hydrogen-bond donors (Lipinski definition) is 0. The van der Waals surface area contributed by atoms with E-state index in [1.807, 2.05) is 0 Å². The van der Waals surface area contributed by atoms with Crippen molar-refractivity contribution < 1.29 is 24.0 Å². The minimum absolute atomic E-state index is 0.0210. The molecule has 0 atom stereocenters. The summed E-state index contributed by atoms with van der Waals surface area (Å²) in [5.41, 5.74) is 0.333. The fourth-order valence-electron chi connectivity index (χ4n) is 2.07. The first kappa shape index (κ1) is 15.0. The van der Waals surface area contributed by atoms with Gasteiger partial charge in [-0.15, -0.1) is 0 Å². The van der Waals surface area contributed by atoms with Crippen molar-refractivity contribution in [2.75, 3.05) is 7.11 Å². The molecule has 8 heteroatoms. The molecule has 116 valence electrons. The zero-order chi connectivity index (χ0) is 16.6. The highest BCUT2D eigenvalue weighted by Crippen LogP contribution is 2.25. The molecule has 2 aromatic rings. The van der Waals surface area contributed by atoms with Crippen LogP contribution in [0.2, 0.25) is 5.02 Å². The molecule has 1 aromatic heterocycles.